The van der Waals surface area contributed by atoms with E-state index < -0.39 is 18.5 Å². The minimum absolute atomic E-state index is 0.00135. The maximum atomic E-state index is 12.2. The lowest BCUT2D eigenvalue weighted by Gasteiger charge is -2.19. The highest BCUT2D eigenvalue weighted by Crippen LogP contribution is 2.24. The van der Waals surface area contributed by atoms with Crippen LogP contribution in [0, 0.1) is 0 Å². The van der Waals surface area contributed by atoms with E-state index in [2.05, 4.69) is 31.1 Å². The predicted octanol–water partition coefficient (Wildman–Crippen LogP) is 3.18. The molecule has 0 saturated carbocycles. The Labute approximate surface area is 180 Å². The quantitative estimate of drug-likeness (QED) is 0.450. The normalized spacial score (nSPS) is 11.2. The van der Waals surface area contributed by atoms with Crippen LogP contribution in [0.2, 0.25) is 0 Å². The zero-order valence-electron chi connectivity index (χ0n) is 17.9. The molecule has 3 rings (SSSR count). The molecule has 0 radical (unpaired) electrons. The molecule has 1 aromatic heterocycles. The summed E-state index contributed by atoms with van der Waals surface area (Å²) in [6.07, 6.45) is 0. The van der Waals surface area contributed by atoms with E-state index in [0.29, 0.717) is 16.5 Å². The molecule has 31 heavy (non-hydrogen) atoms. The van der Waals surface area contributed by atoms with Crippen molar-refractivity contribution in [2.24, 2.45) is 0 Å². The maximum Gasteiger partial charge on any atom is 0.355 e. The summed E-state index contributed by atoms with van der Waals surface area (Å²) in [5, 5.41) is 3.72. The largest absolute Gasteiger partial charge is 0.492 e. The fourth-order valence-electron chi connectivity index (χ4n) is 2.99. The van der Waals surface area contributed by atoms with Crippen molar-refractivity contribution in [2.75, 3.05) is 19.8 Å². The summed E-state index contributed by atoms with van der Waals surface area (Å²) >= 11 is 0. The van der Waals surface area contributed by atoms with Crippen molar-refractivity contribution < 1.29 is 19.1 Å². The number of ether oxygens (including phenoxy) is 2. The third-order valence-electron chi connectivity index (χ3n) is 4.72. The summed E-state index contributed by atoms with van der Waals surface area (Å²) in [6, 6.07) is 16.3. The van der Waals surface area contributed by atoms with E-state index in [1.54, 1.807) is 24.3 Å². The number of hydrogen-bond acceptors (Lipinski definition) is 5. The number of carbonyl (C=O) groups is 2. The summed E-state index contributed by atoms with van der Waals surface area (Å²) < 4.78 is 10.6. The molecular weight excluding hydrogens is 396 g/mol. The van der Waals surface area contributed by atoms with Gasteiger partial charge in [-0.15, -0.1) is 0 Å². The van der Waals surface area contributed by atoms with Crippen LogP contribution in [-0.2, 0) is 14.9 Å². The number of aromatic amines is 1. The van der Waals surface area contributed by atoms with E-state index in [9.17, 15) is 14.4 Å². The van der Waals surface area contributed by atoms with Gasteiger partial charge < -0.3 is 19.8 Å². The molecule has 0 aliphatic heterocycles. The number of fused-ring (bicyclic) bond motifs is 1. The van der Waals surface area contributed by atoms with Gasteiger partial charge in [-0.3, -0.25) is 9.59 Å². The van der Waals surface area contributed by atoms with Crippen molar-refractivity contribution in [1.29, 1.82) is 0 Å². The van der Waals surface area contributed by atoms with Gasteiger partial charge in [-0.1, -0.05) is 51.1 Å². The zero-order valence-corrected chi connectivity index (χ0v) is 17.9. The maximum absolute atomic E-state index is 12.2. The Morgan fingerprint density at radius 3 is 2.45 bits per heavy atom. The first kappa shape index (κ1) is 22.1. The molecule has 1 heterocycles. The molecular formula is C24H26N2O5. The second-order valence-electron chi connectivity index (χ2n) is 8.15. The number of esters is 1. The monoisotopic (exact) mass is 422 g/mol. The van der Waals surface area contributed by atoms with Crippen molar-refractivity contribution >= 4 is 22.6 Å². The molecule has 7 nitrogen and oxygen atoms in total. The summed E-state index contributed by atoms with van der Waals surface area (Å²) in [5.41, 5.74) is 0.896. The Morgan fingerprint density at radius 2 is 1.74 bits per heavy atom. The molecule has 0 bridgehead atoms. The van der Waals surface area contributed by atoms with Crippen LogP contribution in [-0.4, -0.2) is 36.6 Å². The first-order valence-electron chi connectivity index (χ1n) is 10.0. The summed E-state index contributed by atoms with van der Waals surface area (Å²) in [7, 11) is 0. The SMILES string of the molecule is CC(C)(C)c1ccc(OCCNC(=O)COC(=O)c2cc3ccccc3c(=O)[nH]2)cc1. The third-order valence-corrected chi connectivity index (χ3v) is 4.72. The highest BCUT2D eigenvalue weighted by Gasteiger charge is 2.14. The number of pyridine rings is 1. The molecule has 1 amide bonds. The molecule has 7 heteroatoms. The third kappa shape index (κ3) is 5.94. The summed E-state index contributed by atoms with van der Waals surface area (Å²) in [4.78, 5) is 38.6. The molecule has 0 unspecified atom stereocenters. The van der Waals surface area contributed by atoms with Crippen molar-refractivity contribution in [3.05, 3.63) is 76.2 Å². The van der Waals surface area contributed by atoms with Gasteiger partial charge in [0.15, 0.2) is 6.61 Å². The summed E-state index contributed by atoms with van der Waals surface area (Å²) in [6.45, 7) is 6.53. The van der Waals surface area contributed by atoms with Crippen LogP contribution in [0.5, 0.6) is 5.75 Å². The molecule has 162 valence electrons. The second kappa shape index (κ2) is 9.47. The first-order valence-corrected chi connectivity index (χ1v) is 10.0. The number of hydrogen-bond donors (Lipinski definition) is 2. The molecule has 0 spiro atoms. The number of carbonyl (C=O) groups excluding carboxylic acids is 2. The molecule has 0 aliphatic rings. The van der Waals surface area contributed by atoms with Crippen molar-refractivity contribution in [3.8, 4) is 5.75 Å². The van der Waals surface area contributed by atoms with Gasteiger partial charge in [0.2, 0.25) is 0 Å². The molecule has 2 aromatic carbocycles. The lowest BCUT2D eigenvalue weighted by atomic mass is 9.87. The second-order valence-corrected chi connectivity index (χ2v) is 8.15. The topological polar surface area (TPSA) is 97.5 Å². The number of H-pyrrole nitrogens is 1. The van der Waals surface area contributed by atoms with Gasteiger partial charge in [0.25, 0.3) is 11.5 Å². The van der Waals surface area contributed by atoms with Crippen LogP contribution in [0.4, 0.5) is 0 Å². The van der Waals surface area contributed by atoms with E-state index in [1.165, 1.54) is 11.6 Å². The number of rotatable bonds is 7. The smallest absolute Gasteiger partial charge is 0.355 e. The van der Waals surface area contributed by atoms with Crippen LogP contribution < -0.4 is 15.6 Å². The average Bonchev–Trinajstić information content (AvgIpc) is 2.74. The van der Waals surface area contributed by atoms with Gasteiger partial charge >= 0.3 is 5.97 Å². The molecule has 2 N–H and O–H groups in total. The highest BCUT2D eigenvalue weighted by atomic mass is 16.5. The molecule has 3 aromatic rings. The van der Waals surface area contributed by atoms with Gasteiger partial charge in [-0.25, -0.2) is 4.79 Å². The Bertz CT molecular complexity index is 1130. The van der Waals surface area contributed by atoms with Gasteiger partial charge in [0.1, 0.15) is 18.1 Å². The Balaban J connectivity index is 1.42. The molecule has 0 atom stereocenters. The van der Waals surface area contributed by atoms with Crippen LogP contribution in [0.1, 0.15) is 36.8 Å². The Kier molecular flexibility index (Phi) is 6.74. The van der Waals surface area contributed by atoms with Crippen LogP contribution in [0.25, 0.3) is 10.8 Å². The van der Waals surface area contributed by atoms with Gasteiger partial charge in [-0.2, -0.15) is 0 Å². The van der Waals surface area contributed by atoms with Gasteiger partial charge in [-0.05, 0) is 40.6 Å². The Morgan fingerprint density at radius 1 is 1.03 bits per heavy atom. The molecule has 0 aliphatic carbocycles. The first-order chi connectivity index (χ1) is 14.7. The standard InChI is InChI=1S/C24H26N2O5/c1-24(2,3)17-8-10-18(11-9-17)30-13-12-25-21(27)15-31-23(29)20-14-16-6-4-5-7-19(16)22(28)26-20/h4-11,14H,12-13,15H2,1-3H3,(H,25,27)(H,26,28). The fraction of sp³-hybridized carbons (Fsp3) is 0.292. The number of nitrogens with one attached hydrogen (secondary N) is 2. The molecule has 0 saturated heterocycles. The minimum atomic E-state index is -0.770. The lowest BCUT2D eigenvalue weighted by Crippen LogP contribution is -2.32. The lowest BCUT2D eigenvalue weighted by molar-refractivity contribution is -0.124. The van der Waals surface area contributed by atoms with E-state index >= 15 is 0 Å². The Hall–Kier alpha value is -3.61. The van der Waals surface area contributed by atoms with Crippen LogP contribution in [0.3, 0.4) is 0 Å². The van der Waals surface area contributed by atoms with E-state index in [-0.39, 0.29) is 29.8 Å². The minimum Gasteiger partial charge on any atom is -0.492 e. The van der Waals surface area contributed by atoms with E-state index in [1.807, 2.05) is 24.3 Å². The van der Waals surface area contributed by atoms with Crippen LogP contribution >= 0.6 is 0 Å². The van der Waals surface area contributed by atoms with Crippen LogP contribution in [0.15, 0.2) is 59.4 Å². The van der Waals surface area contributed by atoms with E-state index in [4.69, 9.17) is 9.47 Å². The predicted molar refractivity (Wildman–Crippen MR) is 118 cm³/mol. The van der Waals surface area contributed by atoms with Crippen molar-refractivity contribution in [3.63, 3.8) is 0 Å². The number of amides is 1. The number of aromatic nitrogens is 1. The van der Waals surface area contributed by atoms with Gasteiger partial charge in [0.05, 0.1) is 6.54 Å². The summed E-state index contributed by atoms with van der Waals surface area (Å²) in [5.74, 6) is -0.509. The van der Waals surface area contributed by atoms with Gasteiger partial charge in [0, 0.05) is 5.39 Å². The molecule has 0 fully saturated rings. The number of benzene rings is 2. The zero-order chi connectivity index (χ0) is 22.4. The average molecular weight is 422 g/mol. The van der Waals surface area contributed by atoms with E-state index in [0.717, 1.165) is 0 Å². The van der Waals surface area contributed by atoms with Crippen molar-refractivity contribution in [2.45, 2.75) is 26.2 Å². The highest BCUT2D eigenvalue weighted by molar-refractivity contribution is 5.94. The van der Waals surface area contributed by atoms with Crippen molar-refractivity contribution in [1.82, 2.24) is 10.3 Å². The fourth-order valence-corrected chi connectivity index (χ4v) is 2.99.